The van der Waals surface area contributed by atoms with Crippen molar-refractivity contribution < 1.29 is 20.1 Å². The maximum atomic E-state index is 10.3. The van der Waals surface area contributed by atoms with Crippen LogP contribution in [0.5, 0.6) is 0 Å². The quantitative estimate of drug-likeness (QED) is 0.288. The zero-order valence-corrected chi connectivity index (χ0v) is 15.5. The largest absolute Gasteiger partial charge is 0.394 e. The van der Waals surface area contributed by atoms with E-state index in [-0.39, 0.29) is 11.8 Å². The van der Waals surface area contributed by atoms with E-state index >= 15 is 0 Å². The van der Waals surface area contributed by atoms with Gasteiger partial charge in [0.2, 0.25) is 5.95 Å². The molecule has 0 bridgehead atoms. The van der Waals surface area contributed by atoms with E-state index < -0.39 is 31.1 Å². The summed E-state index contributed by atoms with van der Waals surface area (Å²) in [4.78, 5) is 12.7. The summed E-state index contributed by atoms with van der Waals surface area (Å²) in [5, 5.41) is 33.7. The molecular weight excluding hydrogens is 378 g/mol. The second-order valence-corrected chi connectivity index (χ2v) is 6.71. The molecule has 4 unspecified atom stereocenters. The molecule has 4 atom stereocenters. The Labute approximate surface area is 165 Å². The van der Waals surface area contributed by atoms with Gasteiger partial charge in [0.15, 0.2) is 17.7 Å². The third kappa shape index (κ3) is 3.51. The maximum absolute atomic E-state index is 10.3. The van der Waals surface area contributed by atoms with Gasteiger partial charge in [-0.3, -0.25) is 4.57 Å². The summed E-state index contributed by atoms with van der Waals surface area (Å²) in [5.41, 5.74) is 11.3. The van der Waals surface area contributed by atoms with Crippen LogP contribution >= 0.6 is 0 Å². The van der Waals surface area contributed by atoms with E-state index in [1.54, 1.807) is 6.21 Å². The van der Waals surface area contributed by atoms with Crippen molar-refractivity contribution in [3.63, 3.8) is 0 Å². The zero-order valence-electron chi connectivity index (χ0n) is 15.5. The highest BCUT2D eigenvalue weighted by atomic mass is 16.6. The first-order valence-electron chi connectivity index (χ1n) is 8.97. The van der Waals surface area contributed by atoms with E-state index in [0.717, 1.165) is 11.1 Å². The average molecular weight is 399 g/mol. The van der Waals surface area contributed by atoms with Gasteiger partial charge in [-0.15, -0.1) is 0 Å². The van der Waals surface area contributed by atoms with Crippen LogP contribution in [-0.4, -0.2) is 66.0 Å². The normalized spacial score (nSPS) is 24.6. The van der Waals surface area contributed by atoms with Gasteiger partial charge in [-0.25, -0.2) is 10.4 Å². The van der Waals surface area contributed by atoms with Crippen LogP contribution in [0.1, 0.15) is 17.4 Å². The molecular formula is C18H21N7O4. The number of benzene rings is 1. The molecule has 3 aromatic rings. The number of hydrogen-bond donors (Lipinski definition) is 5. The minimum Gasteiger partial charge on any atom is -0.394 e. The van der Waals surface area contributed by atoms with E-state index in [9.17, 15) is 15.3 Å². The number of imidazole rings is 1. The number of fused-ring (bicyclic) bond motifs is 1. The predicted octanol–water partition coefficient (Wildman–Crippen LogP) is -0.226. The van der Waals surface area contributed by atoms with Crippen molar-refractivity contribution in [3.8, 4) is 0 Å². The Bertz CT molecular complexity index is 1050. The summed E-state index contributed by atoms with van der Waals surface area (Å²) < 4.78 is 6.98. The third-order valence-electron chi connectivity index (χ3n) is 4.80. The number of rotatable bonds is 5. The van der Waals surface area contributed by atoms with Gasteiger partial charge in [0.1, 0.15) is 23.8 Å². The molecule has 4 rings (SSSR count). The number of aliphatic hydroxyl groups is 3. The Kier molecular flexibility index (Phi) is 5.11. The standard InChI is InChI=1S/C18H21N7O4/c1-9-4-2-3-5-10(9)6-21-24-18-22-15(19)12-16(23-18)25(8-20-12)17-14(28)13(27)11(7-26)29-17/h2-6,8,11,13-14,17,26-28H,7H2,1H3,(H3,19,22,23,24)/b21-6+. The van der Waals surface area contributed by atoms with Gasteiger partial charge >= 0.3 is 0 Å². The molecule has 11 heteroatoms. The molecule has 0 amide bonds. The number of anilines is 2. The topological polar surface area (TPSA) is 164 Å². The van der Waals surface area contributed by atoms with Crippen molar-refractivity contribution in [2.45, 2.75) is 31.5 Å². The van der Waals surface area contributed by atoms with Gasteiger partial charge in [0.05, 0.1) is 19.1 Å². The number of nitrogens with one attached hydrogen (secondary N) is 1. The minimum atomic E-state index is -1.27. The van der Waals surface area contributed by atoms with Gasteiger partial charge in [0, 0.05) is 0 Å². The highest BCUT2D eigenvalue weighted by molar-refractivity contribution is 5.84. The fraction of sp³-hybridized carbons (Fsp3) is 0.333. The predicted molar refractivity (Wildman–Crippen MR) is 105 cm³/mol. The first-order valence-corrected chi connectivity index (χ1v) is 8.97. The van der Waals surface area contributed by atoms with Crippen molar-refractivity contribution in [2.24, 2.45) is 5.10 Å². The molecule has 0 saturated carbocycles. The lowest BCUT2D eigenvalue weighted by molar-refractivity contribution is -0.0511. The first kappa shape index (κ1) is 19.2. The van der Waals surface area contributed by atoms with E-state index in [1.165, 1.54) is 10.9 Å². The molecule has 3 heterocycles. The van der Waals surface area contributed by atoms with E-state index in [1.807, 2.05) is 31.2 Å². The number of hydrogen-bond acceptors (Lipinski definition) is 10. The molecule has 0 radical (unpaired) electrons. The van der Waals surface area contributed by atoms with Gasteiger partial charge in [-0.2, -0.15) is 15.1 Å². The third-order valence-corrected chi connectivity index (χ3v) is 4.80. The van der Waals surface area contributed by atoms with Crippen molar-refractivity contribution in [3.05, 3.63) is 41.7 Å². The van der Waals surface area contributed by atoms with Crippen LogP contribution < -0.4 is 11.2 Å². The van der Waals surface area contributed by atoms with Crippen LogP contribution in [0.15, 0.2) is 35.7 Å². The van der Waals surface area contributed by atoms with Gasteiger partial charge in [-0.1, -0.05) is 24.3 Å². The van der Waals surface area contributed by atoms with E-state index in [4.69, 9.17) is 10.5 Å². The van der Waals surface area contributed by atoms with Crippen LogP contribution in [0, 0.1) is 6.92 Å². The van der Waals surface area contributed by atoms with Crippen molar-refractivity contribution in [1.29, 1.82) is 0 Å². The maximum Gasteiger partial charge on any atom is 0.247 e. The Hall–Kier alpha value is -3.12. The SMILES string of the molecule is Cc1ccccc1/C=N/Nc1nc(N)c2ncn(C3OC(CO)C(O)C3O)c2n1. The smallest absolute Gasteiger partial charge is 0.247 e. The Balaban J connectivity index is 1.63. The van der Waals surface area contributed by atoms with Crippen molar-refractivity contribution >= 4 is 29.1 Å². The fourth-order valence-corrected chi connectivity index (χ4v) is 3.18. The van der Waals surface area contributed by atoms with E-state index in [2.05, 4.69) is 25.5 Å². The average Bonchev–Trinajstić information content (AvgIpc) is 3.25. The van der Waals surface area contributed by atoms with Crippen LogP contribution in [0.2, 0.25) is 0 Å². The van der Waals surface area contributed by atoms with Crippen LogP contribution in [0.3, 0.4) is 0 Å². The first-order chi connectivity index (χ1) is 14.0. The number of nitrogen functional groups attached to an aromatic ring is 1. The number of nitrogens with two attached hydrogens (primary N) is 1. The summed E-state index contributed by atoms with van der Waals surface area (Å²) in [6.07, 6.45) is -1.37. The lowest BCUT2D eigenvalue weighted by Gasteiger charge is -2.16. The monoisotopic (exact) mass is 399 g/mol. The minimum absolute atomic E-state index is 0.120. The van der Waals surface area contributed by atoms with Gasteiger partial charge in [0.25, 0.3) is 0 Å². The second kappa shape index (κ2) is 7.72. The van der Waals surface area contributed by atoms with Gasteiger partial charge < -0.3 is 25.8 Å². The number of nitrogens with zero attached hydrogens (tertiary/aromatic N) is 5. The van der Waals surface area contributed by atoms with Crippen molar-refractivity contribution in [1.82, 2.24) is 19.5 Å². The summed E-state index contributed by atoms with van der Waals surface area (Å²) in [5.74, 6) is 0.252. The molecule has 152 valence electrons. The summed E-state index contributed by atoms with van der Waals surface area (Å²) in [6, 6.07) is 7.75. The molecule has 0 spiro atoms. The molecule has 2 aromatic heterocycles. The second-order valence-electron chi connectivity index (χ2n) is 6.71. The lowest BCUT2D eigenvalue weighted by Crippen LogP contribution is -2.33. The lowest BCUT2D eigenvalue weighted by atomic mass is 10.1. The number of aromatic nitrogens is 4. The molecule has 11 nitrogen and oxygen atoms in total. The Morgan fingerprint density at radius 2 is 2.07 bits per heavy atom. The molecule has 1 aliphatic heterocycles. The van der Waals surface area contributed by atoms with Crippen molar-refractivity contribution in [2.75, 3.05) is 17.8 Å². The molecule has 29 heavy (non-hydrogen) atoms. The summed E-state index contributed by atoms with van der Waals surface area (Å²) in [6.45, 7) is 1.54. The Morgan fingerprint density at radius 1 is 1.28 bits per heavy atom. The van der Waals surface area contributed by atoms with Crippen LogP contribution in [-0.2, 0) is 4.74 Å². The zero-order chi connectivity index (χ0) is 20.5. The highest BCUT2D eigenvalue weighted by Gasteiger charge is 2.44. The summed E-state index contributed by atoms with van der Waals surface area (Å²) in [7, 11) is 0. The molecule has 6 N–H and O–H groups in total. The highest BCUT2D eigenvalue weighted by Crippen LogP contribution is 2.32. The summed E-state index contributed by atoms with van der Waals surface area (Å²) >= 11 is 0. The molecule has 1 aromatic carbocycles. The molecule has 0 aliphatic carbocycles. The number of hydrazone groups is 1. The Morgan fingerprint density at radius 3 is 2.79 bits per heavy atom. The number of aryl methyl sites for hydroxylation is 1. The number of aliphatic hydroxyl groups excluding tert-OH is 3. The van der Waals surface area contributed by atoms with E-state index in [0.29, 0.717) is 11.2 Å². The van der Waals surface area contributed by atoms with Gasteiger partial charge in [-0.05, 0) is 18.1 Å². The molecule has 1 fully saturated rings. The fourth-order valence-electron chi connectivity index (χ4n) is 3.18. The molecule has 1 saturated heterocycles. The molecule has 1 aliphatic rings. The van der Waals surface area contributed by atoms with Crippen LogP contribution in [0.4, 0.5) is 11.8 Å². The van der Waals surface area contributed by atoms with Crippen LogP contribution in [0.25, 0.3) is 11.2 Å². The number of ether oxygens (including phenoxy) is 1.